The third-order valence-corrected chi connectivity index (χ3v) is 2.73. The fourth-order valence-electron chi connectivity index (χ4n) is 1.40. The molecular weight excluding hydrogens is 300 g/mol. The van der Waals surface area contributed by atoms with E-state index in [-0.39, 0.29) is 11.5 Å². The molecule has 0 fully saturated rings. The molecule has 0 atom stereocenters. The zero-order chi connectivity index (χ0) is 13.0. The van der Waals surface area contributed by atoms with E-state index in [0.717, 1.165) is 10.0 Å². The Bertz CT molecular complexity index is 607. The number of nitrogens with one attached hydrogen (secondary N) is 1. The Morgan fingerprint density at radius 2 is 2.11 bits per heavy atom. The number of hydrogen-bond donors (Lipinski definition) is 1. The Hall–Kier alpha value is -1.95. The number of ether oxygens (including phenoxy) is 1. The molecule has 2 heterocycles. The van der Waals surface area contributed by atoms with Gasteiger partial charge in [-0.15, -0.1) is 0 Å². The lowest BCUT2D eigenvalue weighted by molar-refractivity contribution is 0.0535. The van der Waals surface area contributed by atoms with Gasteiger partial charge < -0.3 is 4.74 Å². The number of cyclic esters (lactones) is 1. The van der Waals surface area contributed by atoms with Gasteiger partial charge in [-0.05, 0) is 18.2 Å². The van der Waals surface area contributed by atoms with E-state index in [1.807, 2.05) is 12.1 Å². The van der Waals surface area contributed by atoms with Gasteiger partial charge in [0, 0.05) is 22.3 Å². The molecule has 5 nitrogen and oxygen atoms in total. The first-order valence-corrected chi connectivity index (χ1v) is 5.91. The molecule has 1 aliphatic rings. The highest BCUT2D eigenvalue weighted by Crippen LogP contribution is 2.23. The lowest BCUT2D eigenvalue weighted by atomic mass is 10.1. The summed E-state index contributed by atoms with van der Waals surface area (Å²) in [6, 6.07) is 8.57. The molecule has 1 N–H and O–H groups in total. The molecular formula is C12H9BrN2O3. The molecule has 0 spiro atoms. The largest absolute Gasteiger partial charge is 0.457 e. The van der Waals surface area contributed by atoms with Crippen LogP contribution in [-0.2, 0) is 11.3 Å². The fraction of sp³-hybridized carbons (Fsp3) is 0.0833. The van der Waals surface area contributed by atoms with Crippen molar-refractivity contribution in [2.75, 3.05) is 0 Å². The molecule has 0 amide bonds. The van der Waals surface area contributed by atoms with Crippen LogP contribution in [0.2, 0.25) is 0 Å². The molecule has 0 unspecified atom stereocenters. The first-order valence-electron chi connectivity index (χ1n) is 5.12. The zero-order valence-corrected chi connectivity index (χ0v) is 10.8. The number of hydrogen-bond acceptors (Lipinski definition) is 4. The summed E-state index contributed by atoms with van der Waals surface area (Å²) in [6.07, 6.45) is 1.52. The van der Waals surface area contributed by atoms with Gasteiger partial charge in [0.15, 0.2) is 0 Å². The SMILES string of the molecule is O=C1OCc2ccc(Br)cc21.O=c1cccn[nH]1. The first kappa shape index (κ1) is 12.5. The maximum atomic E-state index is 11.0. The predicted molar refractivity (Wildman–Crippen MR) is 68.1 cm³/mol. The van der Waals surface area contributed by atoms with Crippen molar-refractivity contribution in [2.24, 2.45) is 0 Å². The van der Waals surface area contributed by atoms with Crippen LogP contribution in [0.5, 0.6) is 0 Å². The lowest BCUT2D eigenvalue weighted by Crippen LogP contribution is -2.02. The molecule has 0 aliphatic carbocycles. The van der Waals surface area contributed by atoms with Crippen molar-refractivity contribution in [2.45, 2.75) is 6.61 Å². The lowest BCUT2D eigenvalue weighted by Gasteiger charge is -1.92. The second-order valence-electron chi connectivity index (χ2n) is 3.49. The van der Waals surface area contributed by atoms with Crippen molar-refractivity contribution < 1.29 is 9.53 Å². The molecule has 1 aliphatic heterocycles. The van der Waals surface area contributed by atoms with Crippen LogP contribution in [0.4, 0.5) is 0 Å². The summed E-state index contributed by atoms with van der Waals surface area (Å²) in [7, 11) is 0. The number of benzene rings is 1. The van der Waals surface area contributed by atoms with Gasteiger partial charge in [-0.3, -0.25) is 4.79 Å². The Morgan fingerprint density at radius 3 is 2.72 bits per heavy atom. The minimum absolute atomic E-state index is 0.164. The van der Waals surface area contributed by atoms with Crippen molar-refractivity contribution in [3.63, 3.8) is 0 Å². The minimum atomic E-state index is -0.221. The molecule has 0 bridgehead atoms. The summed E-state index contributed by atoms with van der Waals surface area (Å²) in [4.78, 5) is 21.1. The average Bonchev–Trinajstić information content (AvgIpc) is 2.73. The average molecular weight is 309 g/mol. The van der Waals surface area contributed by atoms with E-state index in [0.29, 0.717) is 12.2 Å². The Kier molecular flexibility index (Phi) is 3.88. The normalized spacial score (nSPS) is 12.2. The Morgan fingerprint density at radius 1 is 1.28 bits per heavy atom. The number of aromatic amines is 1. The van der Waals surface area contributed by atoms with E-state index in [4.69, 9.17) is 4.74 Å². The summed E-state index contributed by atoms with van der Waals surface area (Å²) in [5, 5.41) is 5.67. The monoisotopic (exact) mass is 308 g/mol. The van der Waals surface area contributed by atoms with Crippen molar-refractivity contribution in [1.29, 1.82) is 0 Å². The highest BCUT2D eigenvalue weighted by Gasteiger charge is 2.20. The number of H-pyrrole nitrogens is 1. The third kappa shape index (κ3) is 3.04. The molecule has 2 aromatic rings. The molecule has 18 heavy (non-hydrogen) atoms. The van der Waals surface area contributed by atoms with E-state index < -0.39 is 0 Å². The number of carbonyl (C=O) groups excluding carboxylic acids is 1. The Labute approximate surface area is 111 Å². The second kappa shape index (κ2) is 5.59. The van der Waals surface area contributed by atoms with Gasteiger partial charge in [-0.25, -0.2) is 9.89 Å². The topological polar surface area (TPSA) is 72.1 Å². The van der Waals surface area contributed by atoms with Gasteiger partial charge in [0.1, 0.15) is 6.61 Å². The van der Waals surface area contributed by atoms with Gasteiger partial charge in [0.2, 0.25) is 0 Å². The maximum Gasteiger partial charge on any atom is 0.338 e. The second-order valence-corrected chi connectivity index (χ2v) is 4.41. The number of halogens is 1. The molecule has 1 aromatic heterocycles. The van der Waals surface area contributed by atoms with E-state index in [1.165, 1.54) is 12.3 Å². The van der Waals surface area contributed by atoms with Gasteiger partial charge >= 0.3 is 5.97 Å². The quantitative estimate of drug-likeness (QED) is 0.754. The molecule has 92 valence electrons. The van der Waals surface area contributed by atoms with E-state index in [2.05, 4.69) is 26.1 Å². The zero-order valence-electron chi connectivity index (χ0n) is 9.22. The number of carbonyl (C=O) groups is 1. The molecule has 3 rings (SSSR count). The smallest absolute Gasteiger partial charge is 0.338 e. The van der Waals surface area contributed by atoms with Crippen LogP contribution in [0.3, 0.4) is 0 Å². The Balaban J connectivity index is 0.000000149. The van der Waals surface area contributed by atoms with Gasteiger partial charge in [-0.1, -0.05) is 22.0 Å². The summed E-state index contributed by atoms with van der Waals surface area (Å²) in [5.41, 5.74) is 1.49. The number of nitrogens with zero attached hydrogens (tertiary/aromatic N) is 1. The third-order valence-electron chi connectivity index (χ3n) is 2.23. The standard InChI is InChI=1S/C8H5BrO2.C4H4N2O/c9-6-2-1-5-4-11-8(10)7(5)3-6;7-4-2-1-3-5-6-4/h1-3H,4H2;1-3H,(H,6,7). The molecule has 1 aromatic carbocycles. The number of aromatic nitrogens is 2. The van der Waals surface area contributed by atoms with Crippen molar-refractivity contribution in [1.82, 2.24) is 10.2 Å². The van der Waals surface area contributed by atoms with E-state index >= 15 is 0 Å². The molecule has 0 saturated carbocycles. The maximum absolute atomic E-state index is 11.0. The summed E-state index contributed by atoms with van der Waals surface area (Å²) >= 11 is 3.28. The van der Waals surface area contributed by atoms with Crippen LogP contribution in [-0.4, -0.2) is 16.2 Å². The minimum Gasteiger partial charge on any atom is -0.457 e. The summed E-state index contributed by atoms with van der Waals surface area (Å²) < 4.78 is 5.73. The van der Waals surface area contributed by atoms with Crippen LogP contribution in [0, 0.1) is 0 Å². The predicted octanol–water partition coefficient (Wildman–Crippen LogP) is 1.89. The van der Waals surface area contributed by atoms with Crippen LogP contribution in [0.15, 0.2) is 45.8 Å². The van der Waals surface area contributed by atoms with Gasteiger partial charge in [0.05, 0.1) is 5.56 Å². The van der Waals surface area contributed by atoms with Crippen molar-refractivity contribution in [3.05, 3.63) is 62.5 Å². The van der Waals surface area contributed by atoms with Gasteiger partial charge in [-0.2, -0.15) is 5.10 Å². The molecule has 6 heteroatoms. The molecule has 0 radical (unpaired) electrons. The van der Waals surface area contributed by atoms with Crippen LogP contribution in [0.25, 0.3) is 0 Å². The number of esters is 1. The number of rotatable bonds is 0. The summed E-state index contributed by atoms with van der Waals surface area (Å²) in [6.45, 7) is 0.418. The summed E-state index contributed by atoms with van der Waals surface area (Å²) in [5.74, 6) is -0.221. The highest BCUT2D eigenvalue weighted by molar-refractivity contribution is 9.10. The first-order chi connectivity index (χ1) is 8.66. The highest BCUT2D eigenvalue weighted by atomic mass is 79.9. The van der Waals surface area contributed by atoms with Crippen molar-refractivity contribution >= 4 is 21.9 Å². The molecule has 0 saturated heterocycles. The fourth-order valence-corrected chi connectivity index (χ4v) is 1.76. The van der Waals surface area contributed by atoms with Crippen LogP contribution < -0.4 is 5.56 Å². The number of fused-ring (bicyclic) bond motifs is 1. The van der Waals surface area contributed by atoms with Crippen LogP contribution in [0.1, 0.15) is 15.9 Å². The van der Waals surface area contributed by atoms with E-state index in [9.17, 15) is 9.59 Å². The van der Waals surface area contributed by atoms with Crippen LogP contribution >= 0.6 is 15.9 Å². The van der Waals surface area contributed by atoms with E-state index in [1.54, 1.807) is 12.1 Å². The van der Waals surface area contributed by atoms with Gasteiger partial charge in [0.25, 0.3) is 5.56 Å². The van der Waals surface area contributed by atoms with Crippen molar-refractivity contribution in [3.8, 4) is 0 Å².